The number of nitrogens with zero attached hydrogens (tertiary/aromatic N) is 2. The molecule has 0 amide bonds. The van der Waals surface area contributed by atoms with Gasteiger partial charge in [0.05, 0.1) is 22.4 Å². The van der Waals surface area contributed by atoms with Crippen molar-refractivity contribution in [1.82, 2.24) is 9.97 Å². The third kappa shape index (κ3) is 6.22. The minimum atomic E-state index is -9.13. The van der Waals surface area contributed by atoms with E-state index in [0.29, 0.717) is 17.7 Å². The summed E-state index contributed by atoms with van der Waals surface area (Å²) < 4.78 is 289. The fraction of sp³-hybridized carbons (Fsp3) is 0.333. The Bertz CT molecular complexity index is 1980. The molecule has 3 aromatic carbocycles. The van der Waals surface area contributed by atoms with Gasteiger partial charge in [-0.05, 0) is 12.1 Å². The molecule has 0 N–H and O–H groups in total. The molecule has 0 aliphatic carbocycles. The number of aromatic nitrogens is 2. The molecular formula is C30H13F21N2O. The molecule has 0 bridgehead atoms. The lowest BCUT2D eigenvalue weighted by atomic mass is 9.90. The van der Waals surface area contributed by atoms with Crippen molar-refractivity contribution < 1.29 is 96.9 Å². The molecular weight excluding hydrogens is 803 g/mol. The van der Waals surface area contributed by atoms with Gasteiger partial charge in [-0.1, -0.05) is 66.7 Å². The van der Waals surface area contributed by atoms with Gasteiger partial charge in [-0.25, -0.2) is 14.7 Å². The predicted molar refractivity (Wildman–Crippen MR) is 141 cm³/mol. The Labute approximate surface area is 285 Å². The minimum absolute atomic E-state index is 0.0131. The molecule has 0 atom stereocenters. The highest BCUT2D eigenvalue weighted by molar-refractivity contribution is 5.86. The van der Waals surface area contributed by atoms with Gasteiger partial charge >= 0.3 is 59.9 Å². The van der Waals surface area contributed by atoms with Crippen molar-refractivity contribution in [3.05, 3.63) is 84.4 Å². The van der Waals surface area contributed by atoms with E-state index in [1.165, 1.54) is 42.5 Å². The zero-order valence-electron chi connectivity index (χ0n) is 25.2. The predicted octanol–water partition coefficient (Wildman–Crippen LogP) is 11.6. The van der Waals surface area contributed by atoms with Crippen molar-refractivity contribution in [3.8, 4) is 22.5 Å². The van der Waals surface area contributed by atoms with Crippen LogP contribution in [0.15, 0.2) is 78.9 Å². The number of rotatable bonds is 12. The summed E-state index contributed by atoms with van der Waals surface area (Å²) in [5.74, 6) is -59.7. The van der Waals surface area contributed by atoms with Crippen molar-refractivity contribution in [2.75, 3.05) is 0 Å². The smallest absolute Gasteiger partial charge is 0.245 e. The molecule has 0 saturated heterocycles. The second-order valence-corrected chi connectivity index (χ2v) is 11.0. The van der Waals surface area contributed by atoms with Crippen molar-refractivity contribution >= 4 is 11.0 Å². The zero-order chi connectivity index (χ0) is 41.4. The van der Waals surface area contributed by atoms with Gasteiger partial charge in [0.2, 0.25) is 0 Å². The number of hydrogen-bond acceptors (Lipinski definition) is 3. The Kier molecular flexibility index (Phi) is 10.00. The number of hydrogen-bond donors (Lipinski definition) is 0. The molecule has 0 unspecified atom stereocenters. The maximum Gasteiger partial charge on any atom is 0.460 e. The lowest BCUT2D eigenvalue weighted by Crippen LogP contribution is -2.75. The molecule has 1 heterocycles. The summed E-state index contributed by atoms with van der Waals surface area (Å²) in [5, 5.41) is 0. The van der Waals surface area contributed by atoms with Crippen molar-refractivity contribution in [2.45, 2.75) is 59.9 Å². The van der Waals surface area contributed by atoms with Gasteiger partial charge in [-0.15, -0.1) is 0 Å². The Morgan fingerprint density at radius 3 is 1.11 bits per heavy atom. The number of halogens is 21. The second kappa shape index (κ2) is 12.8. The SMILES string of the molecule is FC(F)(F)C(F)(F)C(F)(F)C(F)(F)C(F)(F)C(F)(F)C(F)(F)C(F)(F)OC(F)(F)C(F)(F)c1ccc(-c2nc3ccccc3nc2-c2ccccc2)cc1. The minimum Gasteiger partial charge on any atom is -0.245 e. The highest BCUT2D eigenvalue weighted by Crippen LogP contribution is 2.64. The van der Waals surface area contributed by atoms with E-state index >= 15 is 0 Å². The Balaban J connectivity index is 1.70. The average molecular weight is 816 g/mol. The van der Waals surface area contributed by atoms with Gasteiger partial charge in [-0.2, -0.15) is 92.2 Å². The quantitative estimate of drug-likeness (QED) is 0.134. The van der Waals surface area contributed by atoms with Crippen LogP contribution < -0.4 is 0 Å². The van der Waals surface area contributed by atoms with Crippen LogP contribution in [0, 0.1) is 0 Å². The van der Waals surface area contributed by atoms with Crippen LogP contribution in [0.2, 0.25) is 0 Å². The summed E-state index contributed by atoms with van der Waals surface area (Å²) in [6, 6.07) is 14.7. The second-order valence-electron chi connectivity index (χ2n) is 11.0. The van der Waals surface area contributed by atoms with E-state index in [4.69, 9.17) is 0 Å². The lowest BCUT2D eigenvalue weighted by molar-refractivity contribution is -0.512. The molecule has 54 heavy (non-hydrogen) atoms. The number of benzene rings is 3. The summed E-state index contributed by atoms with van der Waals surface area (Å²) >= 11 is 0. The van der Waals surface area contributed by atoms with E-state index in [0.717, 1.165) is 0 Å². The summed E-state index contributed by atoms with van der Waals surface area (Å²) in [5.41, 5.74) is -1.68. The van der Waals surface area contributed by atoms with E-state index in [9.17, 15) is 92.2 Å². The topological polar surface area (TPSA) is 35.0 Å². The summed E-state index contributed by atoms with van der Waals surface area (Å²) in [6.07, 6.45) is -23.5. The Morgan fingerprint density at radius 2 is 0.704 bits per heavy atom. The molecule has 4 aromatic rings. The van der Waals surface area contributed by atoms with Crippen LogP contribution in [-0.2, 0) is 10.7 Å². The molecule has 0 spiro atoms. The van der Waals surface area contributed by atoms with Gasteiger partial charge in [0, 0.05) is 16.7 Å². The third-order valence-electron chi connectivity index (χ3n) is 7.45. The van der Waals surface area contributed by atoms with Crippen LogP contribution in [0.3, 0.4) is 0 Å². The van der Waals surface area contributed by atoms with E-state index in [1.54, 1.807) is 16.9 Å². The fourth-order valence-electron chi connectivity index (χ4n) is 4.44. The molecule has 0 fully saturated rings. The normalized spacial score (nSPS) is 14.8. The van der Waals surface area contributed by atoms with Crippen LogP contribution in [0.4, 0.5) is 92.2 Å². The van der Waals surface area contributed by atoms with Crippen LogP contribution in [0.5, 0.6) is 0 Å². The molecule has 4 rings (SSSR count). The lowest BCUT2D eigenvalue weighted by Gasteiger charge is -2.43. The van der Waals surface area contributed by atoms with Crippen molar-refractivity contribution in [1.29, 1.82) is 0 Å². The van der Waals surface area contributed by atoms with Crippen LogP contribution in [0.25, 0.3) is 33.5 Å². The molecule has 1 aromatic heterocycles. The summed E-state index contributed by atoms with van der Waals surface area (Å²) in [4.78, 5) is 8.69. The van der Waals surface area contributed by atoms with Gasteiger partial charge in [0.25, 0.3) is 0 Å². The van der Waals surface area contributed by atoms with E-state index in [2.05, 4.69) is 9.97 Å². The monoisotopic (exact) mass is 816 g/mol. The molecule has 0 saturated carbocycles. The van der Waals surface area contributed by atoms with Crippen LogP contribution >= 0.6 is 0 Å². The first kappa shape index (κ1) is 42.2. The third-order valence-corrected chi connectivity index (χ3v) is 7.45. The maximum atomic E-state index is 14.8. The Morgan fingerprint density at radius 1 is 0.352 bits per heavy atom. The highest BCUT2D eigenvalue weighted by Gasteiger charge is 2.96. The number of alkyl halides is 21. The van der Waals surface area contributed by atoms with E-state index < -0.39 is 65.4 Å². The van der Waals surface area contributed by atoms with Gasteiger partial charge in [0.1, 0.15) is 0 Å². The molecule has 3 nitrogen and oxygen atoms in total. The number of ether oxygens (including phenoxy) is 1. The number of fused-ring (bicyclic) bond motifs is 1. The van der Waals surface area contributed by atoms with E-state index in [-0.39, 0.29) is 40.1 Å². The molecule has 296 valence electrons. The van der Waals surface area contributed by atoms with Crippen LogP contribution in [0.1, 0.15) is 5.56 Å². The van der Waals surface area contributed by atoms with Gasteiger partial charge in [-0.3, -0.25) is 0 Å². The first-order valence-corrected chi connectivity index (χ1v) is 13.8. The van der Waals surface area contributed by atoms with Crippen molar-refractivity contribution in [3.63, 3.8) is 0 Å². The van der Waals surface area contributed by atoms with Gasteiger partial charge in [0.15, 0.2) is 0 Å². The van der Waals surface area contributed by atoms with Gasteiger partial charge < -0.3 is 0 Å². The standard InChI is InChI=1S/C30H13F21N2O/c31-21(32,16-12-10-15(11-13-16)20-19(14-6-2-1-3-7-14)52-17-8-4-5-9-18(17)53-20)29(48,49)54-30(50,51)27(43,44)25(39,40)23(35,36)22(33,34)24(37,38)26(41,42)28(45,46)47/h1-13H. The fourth-order valence-corrected chi connectivity index (χ4v) is 4.44. The zero-order valence-corrected chi connectivity index (χ0v) is 25.2. The number of para-hydroxylation sites is 2. The maximum absolute atomic E-state index is 14.8. The molecule has 0 aliphatic heterocycles. The first-order chi connectivity index (χ1) is 24.2. The Hall–Kier alpha value is -4.51. The summed E-state index contributed by atoms with van der Waals surface area (Å²) in [6.45, 7) is 0. The molecule has 0 radical (unpaired) electrons. The molecule has 24 heteroatoms. The largest absolute Gasteiger partial charge is 0.460 e. The average Bonchev–Trinajstić information content (AvgIpc) is 3.06. The first-order valence-electron chi connectivity index (χ1n) is 13.8. The summed E-state index contributed by atoms with van der Waals surface area (Å²) in [7, 11) is 0. The van der Waals surface area contributed by atoms with Crippen molar-refractivity contribution in [2.24, 2.45) is 0 Å². The van der Waals surface area contributed by atoms with E-state index in [1.807, 2.05) is 0 Å². The molecule has 0 aliphatic rings. The highest BCUT2D eigenvalue weighted by atomic mass is 19.4. The van der Waals surface area contributed by atoms with Crippen LogP contribution in [-0.4, -0.2) is 63.9 Å².